The molecule has 14 heavy (non-hydrogen) atoms. The second kappa shape index (κ2) is 5.43. The third-order valence-corrected chi connectivity index (χ3v) is 3.53. The van der Waals surface area contributed by atoms with Crippen molar-refractivity contribution >= 4 is 0 Å². The lowest BCUT2D eigenvalue weighted by molar-refractivity contribution is 0.402. The highest BCUT2D eigenvalue weighted by Crippen LogP contribution is 2.23. The number of nitrogens with zero attached hydrogens (tertiary/aromatic N) is 1. The zero-order valence-corrected chi connectivity index (χ0v) is 9.30. The van der Waals surface area contributed by atoms with Gasteiger partial charge in [0.15, 0.2) is 0 Å². The fourth-order valence-electron chi connectivity index (χ4n) is 2.64. The minimum absolute atomic E-state index is 1.33. The van der Waals surface area contributed by atoms with Crippen LogP contribution in [0, 0.1) is 0 Å². The second-order valence-electron chi connectivity index (χ2n) is 4.70. The highest BCUT2D eigenvalue weighted by atomic mass is 15.1. The van der Waals surface area contributed by atoms with Crippen LogP contribution >= 0.6 is 0 Å². The summed E-state index contributed by atoms with van der Waals surface area (Å²) < 4.78 is 0. The van der Waals surface area contributed by atoms with Gasteiger partial charge in [-0.05, 0) is 38.5 Å². The molecular weight excluding hydrogens is 170 g/mol. The van der Waals surface area contributed by atoms with Gasteiger partial charge in [-0.15, -0.1) is 0 Å². The molecule has 0 amide bonds. The van der Waals surface area contributed by atoms with Crippen LogP contribution in [0.25, 0.3) is 0 Å². The van der Waals surface area contributed by atoms with Crippen molar-refractivity contribution in [2.45, 2.75) is 57.8 Å². The Bertz CT molecular complexity index is 189. The summed E-state index contributed by atoms with van der Waals surface area (Å²) in [6, 6.07) is 0. The maximum absolute atomic E-state index is 2.63. The van der Waals surface area contributed by atoms with Crippen LogP contribution in [0.15, 0.2) is 11.8 Å². The molecule has 0 aromatic carbocycles. The van der Waals surface area contributed by atoms with Crippen LogP contribution < -0.4 is 0 Å². The first-order chi connectivity index (χ1) is 6.97. The normalized spacial score (nSPS) is 28.9. The molecule has 2 aliphatic rings. The molecule has 0 saturated carbocycles. The van der Waals surface area contributed by atoms with E-state index in [2.05, 4.69) is 11.0 Å². The first kappa shape index (κ1) is 10.1. The number of allylic oxidation sites excluding steroid dienone is 2. The fourth-order valence-corrected chi connectivity index (χ4v) is 2.64. The van der Waals surface area contributed by atoms with Gasteiger partial charge in [0, 0.05) is 18.8 Å². The Hall–Kier alpha value is -0.460. The molecule has 1 saturated heterocycles. The van der Waals surface area contributed by atoms with Crippen molar-refractivity contribution in [1.29, 1.82) is 0 Å². The number of rotatable bonds is 1. The lowest BCUT2D eigenvalue weighted by atomic mass is 10.1. The predicted octanol–water partition coefficient (Wildman–Crippen LogP) is 3.71. The lowest BCUT2D eigenvalue weighted by Crippen LogP contribution is -2.18. The van der Waals surface area contributed by atoms with E-state index in [4.69, 9.17) is 0 Å². The zero-order chi connectivity index (χ0) is 9.64. The second-order valence-corrected chi connectivity index (χ2v) is 4.70. The van der Waals surface area contributed by atoms with Crippen molar-refractivity contribution in [2.75, 3.05) is 13.1 Å². The highest BCUT2D eigenvalue weighted by Gasteiger charge is 2.14. The van der Waals surface area contributed by atoms with Crippen molar-refractivity contribution in [2.24, 2.45) is 0 Å². The standard InChI is InChI=1S/C13H23N/c1-2-4-6-10-13(9-5-3-1)14-11-7-8-12-14/h9H,1-8,10-12H2/b13-9+. The van der Waals surface area contributed by atoms with Crippen molar-refractivity contribution in [3.05, 3.63) is 11.8 Å². The average molecular weight is 193 g/mol. The summed E-state index contributed by atoms with van der Waals surface area (Å²) in [4.78, 5) is 2.63. The Kier molecular flexibility index (Phi) is 3.90. The molecule has 1 fully saturated rings. The molecule has 1 aliphatic heterocycles. The third kappa shape index (κ3) is 2.76. The molecule has 0 radical (unpaired) electrons. The van der Waals surface area contributed by atoms with Gasteiger partial charge in [0.25, 0.3) is 0 Å². The number of hydrogen-bond acceptors (Lipinski definition) is 1. The maximum atomic E-state index is 2.63. The topological polar surface area (TPSA) is 3.24 Å². The van der Waals surface area contributed by atoms with Crippen molar-refractivity contribution in [1.82, 2.24) is 4.90 Å². The molecule has 80 valence electrons. The van der Waals surface area contributed by atoms with Crippen LogP contribution in [-0.4, -0.2) is 18.0 Å². The first-order valence-corrected chi connectivity index (χ1v) is 6.41. The van der Waals surface area contributed by atoms with Gasteiger partial charge in [-0.25, -0.2) is 0 Å². The molecule has 1 heterocycles. The van der Waals surface area contributed by atoms with E-state index in [0.717, 1.165) is 0 Å². The molecule has 0 atom stereocenters. The van der Waals surface area contributed by atoms with E-state index in [0.29, 0.717) is 0 Å². The Morgan fingerprint density at radius 1 is 0.786 bits per heavy atom. The van der Waals surface area contributed by atoms with Gasteiger partial charge >= 0.3 is 0 Å². The SMILES string of the molecule is C1=C(/N2CCCC2)CCCCCCC/1. The first-order valence-electron chi connectivity index (χ1n) is 6.41. The lowest BCUT2D eigenvalue weighted by Gasteiger charge is -2.21. The van der Waals surface area contributed by atoms with Crippen LogP contribution in [0.1, 0.15) is 57.8 Å². The van der Waals surface area contributed by atoms with Crippen molar-refractivity contribution in [3.63, 3.8) is 0 Å². The van der Waals surface area contributed by atoms with E-state index in [1.54, 1.807) is 5.70 Å². The third-order valence-electron chi connectivity index (χ3n) is 3.53. The summed E-state index contributed by atoms with van der Waals surface area (Å²) >= 11 is 0. The molecule has 0 N–H and O–H groups in total. The van der Waals surface area contributed by atoms with Crippen molar-refractivity contribution < 1.29 is 0 Å². The van der Waals surface area contributed by atoms with Crippen molar-refractivity contribution in [3.8, 4) is 0 Å². The average Bonchev–Trinajstić information content (AvgIpc) is 2.75. The summed E-state index contributed by atoms with van der Waals surface area (Å²) in [7, 11) is 0. The van der Waals surface area contributed by atoms with E-state index >= 15 is 0 Å². The number of hydrogen-bond donors (Lipinski definition) is 0. The van der Waals surface area contributed by atoms with Crippen LogP contribution in [0.5, 0.6) is 0 Å². The monoisotopic (exact) mass is 193 g/mol. The smallest absolute Gasteiger partial charge is 0.0175 e. The Morgan fingerprint density at radius 2 is 1.50 bits per heavy atom. The zero-order valence-electron chi connectivity index (χ0n) is 9.30. The van der Waals surface area contributed by atoms with E-state index in [9.17, 15) is 0 Å². The predicted molar refractivity (Wildman–Crippen MR) is 61.2 cm³/mol. The molecule has 0 spiro atoms. The fraction of sp³-hybridized carbons (Fsp3) is 0.846. The van der Waals surface area contributed by atoms with E-state index in [-0.39, 0.29) is 0 Å². The van der Waals surface area contributed by atoms with Crippen LogP contribution in [0.3, 0.4) is 0 Å². The highest BCUT2D eigenvalue weighted by molar-refractivity contribution is 5.03. The molecule has 1 nitrogen and oxygen atoms in total. The number of likely N-dealkylation sites (tertiary alicyclic amines) is 1. The summed E-state index contributed by atoms with van der Waals surface area (Å²) in [6.45, 7) is 2.65. The van der Waals surface area contributed by atoms with Gasteiger partial charge in [-0.1, -0.05) is 25.3 Å². The van der Waals surface area contributed by atoms with E-state index in [1.165, 1.54) is 70.9 Å². The molecule has 0 unspecified atom stereocenters. The minimum Gasteiger partial charge on any atom is -0.375 e. The van der Waals surface area contributed by atoms with Crippen LogP contribution in [0.2, 0.25) is 0 Å². The van der Waals surface area contributed by atoms with Gasteiger partial charge in [0.05, 0.1) is 0 Å². The van der Waals surface area contributed by atoms with Crippen LogP contribution in [-0.2, 0) is 0 Å². The largest absolute Gasteiger partial charge is 0.375 e. The minimum atomic E-state index is 1.33. The molecule has 0 aromatic rings. The molecule has 2 rings (SSSR count). The molecule has 0 aromatic heterocycles. The molecule has 0 bridgehead atoms. The molecular formula is C13H23N. The summed E-state index contributed by atoms with van der Waals surface area (Å²) in [6.07, 6.45) is 15.2. The van der Waals surface area contributed by atoms with Gasteiger partial charge in [-0.3, -0.25) is 0 Å². The Balaban J connectivity index is 1.91. The van der Waals surface area contributed by atoms with E-state index in [1.807, 2.05) is 0 Å². The van der Waals surface area contributed by atoms with Gasteiger partial charge in [0.2, 0.25) is 0 Å². The quantitative estimate of drug-likeness (QED) is 0.613. The van der Waals surface area contributed by atoms with Gasteiger partial charge in [-0.2, -0.15) is 0 Å². The molecule has 1 aliphatic carbocycles. The summed E-state index contributed by atoms with van der Waals surface area (Å²) in [5, 5.41) is 0. The van der Waals surface area contributed by atoms with E-state index < -0.39 is 0 Å². The Labute approximate surface area is 88.2 Å². The molecule has 1 heteroatoms. The summed E-state index contributed by atoms with van der Waals surface area (Å²) in [5.41, 5.74) is 1.67. The summed E-state index contributed by atoms with van der Waals surface area (Å²) in [5.74, 6) is 0. The van der Waals surface area contributed by atoms with Gasteiger partial charge in [0.1, 0.15) is 0 Å². The van der Waals surface area contributed by atoms with Crippen LogP contribution in [0.4, 0.5) is 0 Å². The van der Waals surface area contributed by atoms with Gasteiger partial charge < -0.3 is 4.90 Å². The maximum Gasteiger partial charge on any atom is 0.0175 e. The Morgan fingerprint density at radius 3 is 2.36 bits per heavy atom.